The molecule has 3 rings (SSSR count). The van der Waals surface area contributed by atoms with Gasteiger partial charge in [-0.05, 0) is 45.1 Å². The number of nitrogens with zero attached hydrogens (tertiary/aromatic N) is 4. The lowest BCUT2D eigenvalue weighted by atomic mass is 9.92. The minimum Gasteiger partial charge on any atom is -0.457 e. The molecule has 31 heavy (non-hydrogen) atoms. The first-order chi connectivity index (χ1) is 15.0. The van der Waals surface area contributed by atoms with Gasteiger partial charge in [-0.1, -0.05) is 29.8 Å². The number of allylic oxidation sites excluding steroid dienone is 1. The largest absolute Gasteiger partial charge is 0.463 e. The maximum atomic E-state index is 13.4. The number of para-hydroxylation sites is 1. The topological polar surface area (TPSA) is 136 Å². The summed E-state index contributed by atoms with van der Waals surface area (Å²) in [5.41, 5.74) is 8.19. The summed E-state index contributed by atoms with van der Waals surface area (Å²) in [5.74, 6) is -3.18. The quantitative estimate of drug-likeness (QED) is 0.179. The molecule has 1 atom stereocenters. The molecule has 0 aromatic heterocycles. The van der Waals surface area contributed by atoms with Crippen LogP contribution in [0.4, 0.5) is 5.69 Å². The molecule has 1 aromatic rings. The average Bonchev–Trinajstić information content (AvgIpc) is 3.03. The molecule has 1 aliphatic carbocycles. The van der Waals surface area contributed by atoms with Gasteiger partial charge in [-0.15, -0.1) is 0 Å². The van der Waals surface area contributed by atoms with E-state index in [-0.39, 0.29) is 12.3 Å². The van der Waals surface area contributed by atoms with Gasteiger partial charge in [0.15, 0.2) is 0 Å². The summed E-state index contributed by atoms with van der Waals surface area (Å²) < 4.78 is 4.73. The van der Waals surface area contributed by atoms with E-state index in [0.29, 0.717) is 23.4 Å². The van der Waals surface area contributed by atoms with E-state index < -0.39 is 29.0 Å². The minimum absolute atomic E-state index is 0.0464. The Balaban J connectivity index is 1.92. The molecule has 1 aromatic carbocycles. The maximum Gasteiger partial charge on any atom is 0.463 e. The molecule has 9 nitrogen and oxygen atoms in total. The van der Waals surface area contributed by atoms with Crippen LogP contribution >= 0.6 is 0 Å². The van der Waals surface area contributed by atoms with Crippen molar-refractivity contribution in [3.8, 4) is 6.07 Å². The number of nitrogens with one attached hydrogen (secondary N) is 1. The number of nitriles is 1. The first-order valence-electron chi connectivity index (χ1n) is 10.2. The molecule has 0 saturated carbocycles. The normalized spacial score (nSPS) is 19.7. The van der Waals surface area contributed by atoms with Crippen LogP contribution in [0.5, 0.6) is 0 Å². The number of carbonyl (C=O) groups excluding carboxylic acids is 3. The number of esters is 1. The molecular weight excluding hydrogens is 398 g/mol. The average molecular weight is 421 g/mol. The van der Waals surface area contributed by atoms with Gasteiger partial charge in [-0.25, -0.2) is 9.69 Å². The van der Waals surface area contributed by atoms with Gasteiger partial charge in [0, 0.05) is 12.1 Å². The first-order valence-corrected chi connectivity index (χ1v) is 10.2. The molecule has 160 valence electrons. The minimum atomic E-state index is -1.79. The van der Waals surface area contributed by atoms with Crippen LogP contribution in [0, 0.1) is 11.3 Å². The summed E-state index contributed by atoms with van der Waals surface area (Å²) >= 11 is 0. The zero-order chi connectivity index (χ0) is 22.4. The number of carbonyl (C=O) groups is 3. The number of imide groups is 1. The number of hydrogen-bond acceptors (Lipinski definition) is 6. The van der Waals surface area contributed by atoms with Gasteiger partial charge in [0.2, 0.25) is 5.54 Å². The van der Waals surface area contributed by atoms with Crippen LogP contribution in [0.25, 0.3) is 5.53 Å². The summed E-state index contributed by atoms with van der Waals surface area (Å²) in [6, 6.07) is 8.36. The van der Waals surface area contributed by atoms with Crippen molar-refractivity contribution in [1.29, 1.82) is 5.26 Å². The Bertz CT molecular complexity index is 1030. The van der Waals surface area contributed by atoms with E-state index in [1.54, 1.807) is 18.2 Å². The maximum absolute atomic E-state index is 13.4. The lowest BCUT2D eigenvalue weighted by molar-refractivity contribution is -0.142. The predicted octanol–water partition coefficient (Wildman–Crippen LogP) is 1.99. The second-order valence-corrected chi connectivity index (χ2v) is 7.28. The van der Waals surface area contributed by atoms with Crippen molar-refractivity contribution in [3.63, 3.8) is 0 Å². The molecule has 2 aliphatic rings. The van der Waals surface area contributed by atoms with Gasteiger partial charge >= 0.3 is 17.6 Å². The highest BCUT2D eigenvalue weighted by molar-refractivity contribution is 6.66. The van der Waals surface area contributed by atoms with E-state index in [4.69, 9.17) is 4.74 Å². The highest BCUT2D eigenvalue weighted by Gasteiger charge is 2.56. The van der Waals surface area contributed by atoms with Crippen LogP contribution in [-0.4, -0.2) is 41.4 Å². The van der Waals surface area contributed by atoms with Crippen molar-refractivity contribution >= 4 is 29.2 Å². The summed E-state index contributed by atoms with van der Waals surface area (Å²) in [5, 5.41) is 13.0. The predicted molar refractivity (Wildman–Crippen MR) is 111 cm³/mol. The van der Waals surface area contributed by atoms with E-state index in [9.17, 15) is 25.2 Å². The summed E-state index contributed by atoms with van der Waals surface area (Å²) in [7, 11) is 0. The Hall–Kier alpha value is -3.60. The highest BCUT2D eigenvalue weighted by Crippen LogP contribution is 2.40. The van der Waals surface area contributed by atoms with Crippen LogP contribution < -0.4 is 10.2 Å². The van der Waals surface area contributed by atoms with Gasteiger partial charge in [0.1, 0.15) is 6.07 Å². The van der Waals surface area contributed by atoms with Gasteiger partial charge in [-0.2, -0.15) is 10.1 Å². The van der Waals surface area contributed by atoms with E-state index in [2.05, 4.69) is 16.2 Å². The molecule has 1 heterocycles. The molecular formula is C22H23N5O4. The smallest absolute Gasteiger partial charge is 0.457 e. The Kier molecular flexibility index (Phi) is 6.75. The van der Waals surface area contributed by atoms with Crippen LogP contribution in [0.3, 0.4) is 0 Å². The zero-order valence-corrected chi connectivity index (χ0v) is 17.3. The molecule has 0 saturated heterocycles. The van der Waals surface area contributed by atoms with Crippen molar-refractivity contribution in [1.82, 2.24) is 5.32 Å². The summed E-state index contributed by atoms with van der Waals surface area (Å²) in [4.78, 5) is 41.8. The summed E-state index contributed by atoms with van der Waals surface area (Å²) in [6.45, 7) is 1.84. The van der Waals surface area contributed by atoms with Gasteiger partial charge < -0.3 is 10.3 Å². The second kappa shape index (κ2) is 9.47. The third-order valence-corrected chi connectivity index (χ3v) is 5.44. The number of ether oxygens (including phenoxy) is 1. The number of hydrogen-bond donors (Lipinski definition) is 1. The van der Waals surface area contributed by atoms with Crippen LogP contribution in [-0.2, 0) is 24.7 Å². The van der Waals surface area contributed by atoms with Gasteiger partial charge in [0.05, 0.1) is 12.3 Å². The lowest BCUT2D eigenvalue weighted by Crippen LogP contribution is -2.53. The van der Waals surface area contributed by atoms with Crippen molar-refractivity contribution in [2.75, 3.05) is 18.1 Å². The first kappa shape index (κ1) is 22.1. The van der Waals surface area contributed by atoms with Crippen molar-refractivity contribution in [2.45, 2.75) is 44.6 Å². The SMILES string of the molecule is CCOC(=O)C(=[N+]=[N-])C(=O)N1C(=O)C(C#N)(NCCC2=CCCCC2)c2ccccc21. The molecule has 1 unspecified atom stereocenters. The molecule has 1 N–H and O–H groups in total. The monoisotopic (exact) mass is 421 g/mol. The molecule has 0 bridgehead atoms. The third-order valence-electron chi connectivity index (χ3n) is 5.44. The Labute approximate surface area is 179 Å². The van der Waals surface area contributed by atoms with E-state index in [1.165, 1.54) is 18.6 Å². The van der Waals surface area contributed by atoms with Crippen LogP contribution in [0.15, 0.2) is 35.9 Å². The number of fused-ring (bicyclic) bond motifs is 1. The fraction of sp³-hybridized carbons (Fsp3) is 0.409. The number of amides is 2. The third kappa shape index (κ3) is 4.04. The molecule has 0 spiro atoms. The lowest BCUT2D eigenvalue weighted by Gasteiger charge is -2.23. The van der Waals surface area contributed by atoms with Gasteiger partial charge in [0.25, 0.3) is 5.91 Å². The molecule has 1 aliphatic heterocycles. The summed E-state index contributed by atoms with van der Waals surface area (Å²) in [6.07, 6.45) is 7.17. The number of rotatable bonds is 7. The zero-order valence-electron chi connectivity index (χ0n) is 17.3. The molecule has 9 heteroatoms. The highest BCUT2D eigenvalue weighted by atomic mass is 16.5. The number of anilines is 1. The van der Waals surface area contributed by atoms with Crippen LogP contribution in [0.1, 0.15) is 44.6 Å². The fourth-order valence-electron chi connectivity index (χ4n) is 3.92. The van der Waals surface area contributed by atoms with Gasteiger partial charge in [-0.3, -0.25) is 14.9 Å². The van der Waals surface area contributed by atoms with E-state index >= 15 is 0 Å². The van der Waals surface area contributed by atoms with E-state index in [1.807, 2.05) is 6.07 Å². The molecule has 0 radical (unpaired) electrons. The van der Waals surface area contributed by atoms with Crippen molar-refractivity contribution in [2.24, 2.45) is 0 Å². The standard InChI is InChI=1S/C22H23N5O4/c1-2-31-20(29)18(26-24)19(28)27-17-11-7-6-10-16(17)22(14-23,21(27)30)25-13-12-15-8-4-3-5-9-15/h6-8,10-11,25H,2-5,9,12-13H2,1H3. The van der Waals surface area contributed by atoms with Crippen LogP contribution in [0.2, 0.25) is 0 Å². The fourth-order valence-corrected chi connectivity index (χ4v) is 3.92. The Morgan fingerprint density at radius 3 is 2.77 bits per heavy atom. The van der Waals surface area contributed by atoms with Crippen molar-refractivity contribution < 1.29 is 23.9 Å². The Morgan fingerprint density at radius 1 is 1.35 bits per heavy atom. The van der Waals surface area contributed by atoms with Crippen molar-refractivity contribution in [3.05, 3.63) is 47.0 Å². The molecule has 0 fully saturated rings. The molecule has 2 amide bonds. The Morgan fingerprint density at radius 2 is 2.13 bits per heavy atom. The second-order valence-electron chi connectivity index (χ2n) is 7.28. The number of benzene rings is 1. The van der Waals surface area contributed by atoms with E-state index in [0.717, 1.165) is 25.7 Å².